The van der Waals surface area contributed by atoms with E-state index in [1.165, 1.54) is 6.07 Å². The van der Waals surface area contributed by atoms with Gasteiger partial charge in [0.15, 0.2) is 0 Å². The molecule has 20 heavy (non-hydrogen) atoms. The second-order valence-electron chi connectivity index (χ2n) is 4.79. The minimum Gasteiger partial charge on any atom is -0.457 e. The summed E-state index contributed by atoms with van der Waals surface area (Å²) >= 11 is 0. The van der Waals surface area contributed by atoms with Crippen molar-refractivity contribution in [1.29, 1.82) is 0 Å². The highest BCUT2D eigenvalue weighted by molar-refractivity contribution is 8.13. The van der Waals surface area contributed by atoms with E-state index in [4.69, 9.17) is 15.4 Å². The van der Waals surface area contributed by atoms with Gasteiger partial charge in [0.1, 0.15) is 11.5 Å². The molecule has 0 spiro atoms. The second-order valence-corrected chi connectivity index (χ2v) is 7.32. The Bertz CT molecular complexity index is 731. The van der Waals surface area contributed by atoms with Crippen molar-refractivity contribution in [3.63, 3.8) is 0 Å². The smallest absolute Gasteiger partial charge is 0.261 e. The van der Waals surface area contributed by atoms with Crippen molar-refractivity contribution < 1.29 is 13.2 Å². The predicted octanol–water partition coefficient (Wildman–Crippen LogP) is 4.33. The largest absolute Gasteiger partial charge is 0.457 e. The van der Waals surface area contributed by atoms with E-state index in [0.717, 1.165) is 16.9 Å². The Morgan fingerprint density at radius 2 is 1.50 bits per heavy atom. The third-order valence-electron chi connectivity index (χ3n) is 2.84. The molecule has 5 heteroatoms. The van der Waals surface area contributed by atoms with Gasteiger partial charge in [-0.25, -0.2) is 8.42 Å². The van der Waals surface area contributed by atoms with Gasteiger partial charge >= 0.3 is 0 Å². The topological polar surface area (TPSA) is 43.4 Å². The van der Waals surface area contributed by atoms with Gasteiger partial charge in [0.2, 0.25) is 0 Å². The number of hydrogen-bond donors (Lipinski definition) is 0. The van der Waals surface area contributed by atoms with Gasteiger partial charge < -0.3 is 4.74 Å². The Labute approximate surface area is 123 Å². The number of aryl methyl sites for hydroxylation is 3. The molecule has 0 atom stereocenters. The van der Waals surface area contributed by atoms with Crippen molar-refractivity contribution in [3.8, 4) is 11.5 Å². The standard InChI is InChI=1S/C15H15ClO3S/c1-10-6-11(2)8-14(7-10)19-13-4-5-15(12(3)9-13)20(16,17)18/h4-9H,1-3H3. The van der Waals surface area contributed by atoms with Gasteiger partial charge in [0.05, 0.1) is 4.90 Å². The van der Waals surface area contributed by atoms with Crippen LogP contribution in [0.3, 0.4) is 0 Å². The number of halogens is 1. The maximum Gasteiger partial charge on any atom is 0.261 e. The van der Waals surface area contributed by atoms with Gasteiger partial charge in [-0.1, -0.05) is 6.07 Å². The molecule has 0 saturated heterocycles. The van der Waals surface area contributed by atoms with Crippen LogP contribution in [-0.2, 0) is 9.05 Å². The normalized spacial score (nSPS) is 11.4. The van der Waals surface area contributed by atoms with Crippen molar-refractivity contribution in [3.05, 3.63) is 53.1 Å². The van der Waals surface area contributed by atoms with E-state index in [9.17, 15) is 8.42 Å². The number of benzene rings is 2. The Morgan fingerprint density at radius 3 is 2.00 bits per heavy atom. The highest BCUT2D eigenvalue weighted by atomic mass is 35.7. The summed E-state index contributed by atoms with van der Waals surface area (Å²) < 4.78 is 28.4. The quantitative estimate of drug-likeness (QED) is 0.792. The van der Waals surface area contributed by atoms with Crippen LogP contribution in [0.1, 0.15) is 16.7 Å². The lowest BCUT2D eigenvalue weighted by Gasteiger charge is -2.10. The summed E-state index contributed by atoms with van der Waals surface area (Å²) in [7, 11) is 1.63. The van der Waals surface area contributed by atoms with Gasteiger partial charge in [-0.3, -0.25) is 0 Å². The first-order valence-corrected chi connectivity index (χ1v) is 8.38. The van der Waals surface area contributed by atoms with E-state index in [1.807, 2.05) is 26.0 Å². The van der Waals surface area contributed by atoms with E-state index < -0.39 is 9.05 Å². The molecule has 106 valence electrons. The molecule has 0 amide bonds. The van der Waals surface area contributed by atoms with Crippen LogP contribution in [0.25, 0.3) is 0 Å². The molecule has 0 heterocycles. The molecule has 0 radical (unpaired) electrons. The molecule has 2 aromatic carbocycles. The molecule has 0 N–H and O–H groups in total. The van der Waals surface area contributed by atoms with E-state index >= 15 is 0 Å². The number of hydrogen-bond acceptors (Lipinski definition) is 3. The monoisotopic (exact) mass is 310 g/mol. The Balaban J connectivity index is 2.33. The first-order chi connectivity index (χ1) is 9.25. The third-order valence-corrected chi connectivity index (χ3v) is 4.32. The van der Waals surface area contributed by atoms with Crippen molar-refractivity contribution in [2.24, 2.45) is 0 Å². The van der Waals surface area contributed by atoms with E-state index in [-0.39, 0.29) is 4.90 Å². The van der Waals surface area contributed by atoms with Gasteiger partial charge in [-0.15, -0.1) is 0 Å². The van der Waals surface area contributed by atoms with Gasteiger partial charge in [0, 0.05) is 10.7 Å². The van der Waals surface area contributed by atoms with Gasteiger partial charge in [-0.05, 0) is 67.8 Å². The van der Waals surface area contributed by atoms with Crippen LogP contribution in [0.5, 0.6) is 11.5 Å². The van der Waals surface area contributed by atoms with Crippen molar-refractivity contribution >= 4 is 19.7 Å². The molecule has 3 nitrogen and oxygen atoms in total. The molecule has 2 rings (SSSR count). The lowest BCUT2D eigenvalue weighted by atomic mass is 10.1. The van der Waals surface area contributed by atoms with Gasteiger partial charge in [0.25, 0.3) is 9.05 Å². The summed E-state index contributed by atoms with van der Waals surface area (Å²) in [6.07, 6.45) is 0. The van der Waals surface area contributed by atoms with Crippen LogP contribution in [0, 0.1) is 20.8 Å². The molecule has 0 aliphatic rings. The molecule has 0 fully saturated rings. The molecule has 2 aromatic rings. The fourth-order valence-electron chi connectivity index (χ4n) is 2.09. The van der Waals surface area contributed by atoms with Crippen LogP contribution in [0.15, 0.2) is 41.3 Å². The minimum atomic E-state index is -3.72. The van der Waals surface area contributed by atoms with Crippen molar-refractivity contribution in [2.45, 2.75) is 25.7 Å². The summed E-state index contributed by atoms with van der Waals surface area (Å²) in [5, 5.41) is 0. The highest BCUT2D eigenvalue weighted by Crippen LogP contribution is 2.28. The average Bonchev–Trinajstić information content (AvgIpc) is 2.25. The summed E-state index contributed by atoms with van der Waals surface area (Å²) in [6, 6.07) is 10.6. The minimum absolute atomic E-state index is 0.104. The maximum absolute atomic E-state index is 11.3. The molecule has 0 saturated carbocycles. The SMILES string of the molecule is Cc1cc(C)cc(Oc2ccc(S(=O)(=O)Cl)c(C)c2)c1. The molecular weight excluding hydrogens is 296 g/mol. The zero-order valence-corrected chi connectivity index (χ0v) is 13.0. The van der Waals surface area contributed by atoms with E-state index in [2.05, 4.69) is 6.07 Å². The number of rotatable bonds is 3. The summed E-state index contributed by atoms with van der Waals surface area (Å²) in [6.45, 7) is 5.67. The van der Waals surface area contributed by atoms with Crippen LogP contribution in [0.4, 0.5) is 0 Å². The Kier molecular flexibility index (Phi) is 4.06. The van der Waals surface area contributed by atoms with Crippen LogP contribution >= 0.6 is 10.7 Å². The zero-order chi connectivity index (χ0) is 14.9. The van der Waals surface area contributed by atoms with Gasteiger partial charge in [-0.2, -0.15) is 0 Å². The van der Waals surface area contributed by atoms with Crippen molar-refractivity contribution in [1.82, 2.24) is 0 Å². The molecule has 0 aliphatic heterocycles. The Morgan fingerprint density at radius 1 is 0.900 bits per heavy atom. The average molecular weight is 311 g/mol. The highest BCUT2D eigenvalue weighted by Gasteiger charge is 2.14. The molecular formula is C15H15ClO3S. The van der Waals surface area contributed by atoms with Crippen molar-refractivity contribution in [2.75, 3.05) is 0 Å². The second kappa shape index (κ2) is 5.46. The van der Waals surface area contributed by atoms with Crippen LogP contribution < -0.4 is 4.74 Å². The molecule has 0 aromatic heterocycles. The lowest BCUT2D eigenvalue weighted by Crippen LogP contribution is -1.95. The number of ether oxygens (including phenoxy) is 1. The van der Waals surface area contributed by atoms with Crippen LogP contribution in [-0.4, -0.2) is 8.42 Å². The van der Waals surface area contributed by atoms with Crippen LogP contribution in [0.2, 0.25) is 0 Å². The summed E-state index contributed by atoms with van der Waals surface area (Å²) in [5.74, 6) is 1.31. The molecule has 0 unspecified atom stereocenters. The maximum atomic E-state index is 11.3. The first-order valence-electron chi connectivity index (χ1n) is 6.07. The Hall–Kier alpha value is -1.52. The zero-order valence-electron chi connectivity index (χ0n) is 11.5. The first kappa shape index (κ1) is 14.9. The fraction of sp³-hybridized carbons (Fsp3) is 0.200. The fourth-order valence-corrected chi connectivity index (χ4v) is 3.28. The van der Waals surface area contributed by atoms with E-state index in [0.29, 0.717) is 11.3 Å². The molecule has 0 bridgehead atoms. The van der Waals surface area contributed by atoms with E-state index in [1.54, 1.807) is 19.1 Å². The lowest BCUT2D eigenvalue weighted by molar-refractivity contribution is 0.481. The predicted molar refractivity (Wildman–Crippen MR) is 80.2 cm³/mol. The summed E-state index contributed by atoms with van der Waals surface area (Å²) in [5.41, 5.74) is 2.77. The molecule has 0 aliphatic carbocycles. The third kappa shape index (κ3) is 3.52. The summed E-state index contributed by atoms with van der Waals surface area (Å²) in [4.78, 5) is 0.104.